The van der Waals surface area contributed by atoms with Crippen molar-refractivity contribution in [2.75, 3.05) is 18.9 Å². The highest BCUT2D eigenvalue weighted by atomic mass is 35.5. The molecule has 0 radical (unpaired) electrons. The van der Waals surface area contributed by atoms with Gasteiger partial charge in [0.1, 0.15) is 5.75 Å². The third kappa shape index (κ3) is 3.79. The maximum absolute atomic E-state index is 5.88. The Morgan fingerprint density at radius 2 is 2.35 bits per heavy atom. The zero-order valence-corrected chi connectivity index (χ0v) is 10.6. The van der Waals surface area contributed by atoms with Gasteiger partial charge in [-0.25, -0.2) is 0 Å². The summed E-state index contributed by atoms with van der Waals surface area (Å²) in [7, 11) is 0. The highest BCUT2D eigenvalue weighted by molar-refractivity contribution is 6.30. The summed E-state index contributed by atoms with van der Waals surface area (Å²) in [5, 5.41) is 0.647. The van der Waals surface area contributed by atoms with E-state index in [1.165, 1.54) is 12.8 Å². The second-order valence-corrected chi connectivity index (χ2v) is 4.74. The fourth-order valence-electron chi connectivity index (χ4n) is 2.00. The zero-order valence-electron chi connectivity index (χ0n) is 9.82. The van der Waals surface area contributed by atoms with Gasteiger partial charge in [-0.15, -0.1) is 0 Å². The van der Waals surface area contributed by atoms with Crippen LogP contribution in [-0.4, -0.2) is 19.3 Å². The van der Waals surface area contributed by atoms with E-state index in [2.05, 4.69) is 0 Å². The van der Waals surface area contributed by atoms with Crippen LogP contribution < -0.4 is 10.5 Å². The van der Waals surface area contributed by atoms with Gasteiger partial charge in [0, 0.05) is 17.7 Å². The molecule has 2 N–H and O–H groups in total. The van der Waals surface area contributed by atoms with E-state index >= 15 is 0 Å². The maximum Gasteiger partial charge on any atom is 0.143 e. The van der Waals surface area contributed by atoms with Gasteiger partial charge in [0.15, 0.2) is 0 Å². The molecule has 0 saturated carbocycles. The normalized spacial score (nSPS) is 19.5. The van der Waals surface area contributed by atoms with Crippen LogP contribution in [0.25, 0.3) is 0 Å². The number of hydrogen-bond donors (Lipinski definition) is 1. The van der Waals surface area contributed by atoms with E-state index in [0.717, 1.165) is 19.4 Å². The molecule has 3 nitrogen and oxygen atoms in total. The van der Waals surface area contributed by atoms with Gasteiger partial charge in [0.25, 0.3) is 0 Å². The molecule has 1 aromatic carbocycles. The zero-order chi connectivity index (χ0) is 12.1. The SMILES string of the molecule is Nc1ccc(Cl)cc1OCCCC1CCCO1. The monoisotopic (exact) mass is 255 g/mol. The quantitative estimate of drug-likeness (QED) is 0.649. The Bertz CT molecular complexity index is 364. The number of rotatable bonds is 5. The van der Waals surface area contributed by atoms with E-state index in [9.17, 15) is 0 Å². The van der Waals surface area contributed by atoms with Gasteiger partial charge in [0.2, 0.25) is 0 Å². The van der Waals surface area contributed by atoms with Crippen molar-refractivity contribution in [2.24, 2.45) is 0 Å². The third-order valence-corrected chi connectivity index (χ3v) is 3.16. The van der Waals surface area contributed by atoms with Gasteiger partial charge in [-0.1, -0.05) is 11.6 Å². The predicted octanol–water partition coefficient (Wildman–Crippen LogP) is 3.26. The van der Waals surface area contributed by atoms with E-state index in [1.54, 1.807) is 18.2 Å². The summed E-state index contributed by atoms with van der Waals surface area (Å²) in [6.07, 6.45) is 4.83. The fraction of sp³-hybridized carbons (Fsp3) is 0.538. The number of hydrogen-bond acceptors (Lipinski definition) is 3. The van der Waals surface area contributed by atoms with Crippen LogP contribution in [0.4, 0.5) is 5.69 Å². The van der Waals surface area contributed by atoms with Crippen LogP contribution in [0.2, 0.25) is 5.02 Å². The summed E-state index contributed by atoms with van der Waals surface area (Å²) in [5.41, 5.74) is 6.42. The lowest BCUT2D eigenvalue weighted by atomic mass is 10.1. The van der Waals surface area contributed by atoms with Gasteiger partial charge >= 0.3 is 0 Å². The number of benzene rings is 1. The lowest BCUT2D eigenvalue weighted by Gasteiger charge is -2.11. The Labute approximate surface area is 107 Å². The van der Waals surface area contributed by atoms with Crippen molar-refractivity contribution in [2.45, 2.75) is 31.8 Å². The summed E-state index contributed by atoms with van der Waals surface area (Å²) >= 11 is 5.88. The number of anilines is 1. The standard InChI is InChI=1S/C13H18ClNO2/c14-10-5-6-12(15)13(9-10)17-8-2-4-11-3-1-7-16-11/h5-6,9,11H,1-4,7-8,15H2. The van der Waals surface area contributed by atoms with Crippen molar-refractivity contribution in [1.82, 2.24) is 0 Å². The molecule has 94 valence electrons. The summed E-state index contributed by atoms with van der Waals surface area (Å²) in [4.78, 5) is 0. The molecule has 1 unspecified atom stereocenters. The topological polar surface area (TPSA) is 44.5 Å². The summed E-state index contributed by atoms with van der Waals surface area (Å²) in [5.74, 6) is 0.671. The summed E-state index contributed by atoms with van der Waals surface area (Å²) < 4.78 is 11.2. The molecule has 2 rings (SSSR count). The molecule has 0 amide bonds. The third-order valence-electron chi connectivity index (χ3n) is 2.93. The van der Waals surface area contributed by atoms with Gasteiger partial charge in [-0.3, -0.25) is 0 Å². The minimum Gasteiger partial charge on any atom is -0.491 e. The van der Waals surface area contributed by atoms with Crippen LogP contribution in [-0.2, 0) is 4.74 Å². The fourth-order valence-corrected chi connectivity index (χ4v) is 2.16. The molecule has 0 bridgehead atoms. The molecule has 1 fully saturated rings. The minimum absolute atomic E-state index is 0.426. The molecule has 1 atom stereocenters. The molecule has 1 saturated heterocycles. The van der Waals surface area contributed by atoms with E-state index in [4.69, 9.17) is 26.8 Å². The van der Waals surface area contributed by atoms with E-state index in [-0.39, 0.29) is 0 Å². The van der Waals surface area contributed by atoms with Crippen molar-refractivity contribution in [3.63, 3.8) is 0 Å². The van der Waals surface area contributed by atoms with Crippen LogP contribution in [0.3, 0.4) is 0 Å². The average Bonchev–Trinajstić information content (AvgIpc) is 2.82. The number of nitrogen functional groups attached to an aromatic ring is 1. The Hall–Kier alpha value is -0.930. The first-order valence-electron chi connectivity index (χ1n) is 6.05. The first kappa shape index (κ1) is 12.5. The second kappa shape index (κ2) is 6.12. The van der Waals surface area contributed by atoms with Crippen molar-refractivity contribution in [3.05, 3.63) is 23.2 Å². The molecular weight excluding hydrogens is 238 g/mol. The molecule has 17 heavy (non-hydrogen) atoms. The van der Waals surface area contributed by atoms with Gasteiger partial charge in [-0.2, -0.15) is 0 Å². The maximum atomic E-state index is 5.88. The first-order valence-corrected chi connectivity index (χ1v) is 6.43. The molecule has 1 aliphatic rings. The summed E-state index contributed by atoms with van der Waals surface area (Å²) in [6.45, 7) is 1.57. The molecule has 1 aromatic rings. The van der Waals surface area contributed by atoms with Gasteiger partial charge in [0.05, 0.1) is 18.4 Å². The Balaban J connectivity index is 1.72. The minimum atomic E-state index is 0.426. The highest BCUT2D eigenvalue weighted by Gasteiger charge is 2.14. The second-order valence-electron chi connectivity index (χ2n) is 4.31. The van der Waals surface area contributed by atoms with Crippen LogP contribution in [0.1, 0.15) is 25.7 Å². The van der Waals surface area contributed by atoms with E-state index in [0.29, 0.717) is 29.2 Å². The summed E-state index contributed by atoms with van der Waals surface area (Å²) in [6, 6.07) is 5.27. The van der Waals surface area contributed by atoms with Crippen LogP contribution in [0.5, 0.6) is 5.75 Å². The van der Waals surface area contributed by atoms with Crippen molar-refractivity contribution < 1.29 is 9.47 Å². The number of halogens is 1. The molecule has 1 aliphatic heterocycles. The lowest BCUT2D eigenvalue weighted by molar-refractivity contribution is 0.0982. The first-order chi connectivity index (χ1) is 8.25. The lowest BCUT2D eigenvalue weighted by Crippen LogP contribution is -2.08. The predicted molar refractivity (Wildman–Crippen MR) is 69.6 cm³/mol. The average molecular weight is 256 g/mol. The smallest absolute Gasteiger partial charge is 0.143 e. The van der Waals surface area contributed by atoms with Gasteiger partial charge in [-0.05, 0) is 37.8 Å². The Morgan fingerprint density at radius 1 is 1.47 bits per heavy atom. The van der Waals surface area contributed by atoms with Crippen molar-refractivity contribution in [1.29, 1.82) is 0 Å². The Morgan fingerprint density at radius 3 is 3.12 bits per heavy atom. The Kier molecular flexibility index (Phi) is 4.51. The molecule has 4 heteroatoms. The van der Waals surface area contributed by atoms with Crippen molar-refractivity contribution in [3.8, 4) is 5.75 Å². The van der Waals surface area contributed by atoms with Crippen LogP contribution in [0.15, 0.2) is 18.2 Å². The van der Waals surface area contributed by atoms with Gasteiger partial charge < -0.3 is 15.2 Å². The van der Waals surface area contributed by atoms with Crippen LogP contribution in [0, 0.1) is 0 Å². The molecule has 0 aromatic heterocycles. The van der Waals surface area contributed by atoms with Crippen LogP contribution >= 0.6 is 11.6 Å². The van der Waals surface area contributed by atoms with E-state index < -0.39 is 0 Å². The molecule has 1 heterocycles. The molecular formula is C13H18ClNO2. The highest BCUT2D eigenvalue weighted by Crippen LogP contribution is 2.25. The molecule has 0 spiro atoms. The largest absolute Gasteiger partial charge is 0.491 e. The number of nitrogens with two attached hydrogens (primary N) is 1. The van der Waals surface area contributed by atoms with E-state index in [1.807, 2.05) is 0 Å². The number of ether oxygens (including phenoxy) is 2. The molecule has 0 aliphatic carbocycles. The van der Waals surface area contributed by atoms with Crippen molar-refractivity contribution >= 4 is 17.3 Å².